The SMILES string of the molecule is CCCCCC(=O)NC(=S)Nc1ccc(C(=O)NCCOC)cc1. The van der Waals surface area contributed by atoms with Gasteiger partial charge in [-0.05, 0) is 42.9 Å². The van der Waals surface area contributed by atoms with E-state index in [0.29, 0.717) is 30.8 Å². The fourth-order valence-electron chi connectivity index (χ4n) is 1.96. The molecule has 132 valence electrons. The van der Waals surface area contributed by atoms with Crippen LogP contribution in [0.3, 0.4) is 0 Å². The normalized spacial score (nSPS) is 10.1. The number of rotatable bonds is 9. The highest BCUT2D eigenvalue weighted by Gasteiger charge is 2.07. The lowest BCUT2D eigenvalue weighted by Crippen LogP contribution is -2.33. The quantitative estimate of drug-likeness (QED) is 0.470. The fourth-order valence-corrected chi connectivity index (χ4v) is 2.19. The van der Waals surface area contributed by atoms with Crippen LogP contribution in [0, 0.1) is 0 Å². The average molecular weight is 351 g/mol. The maximum atomic E-state index is 11.9. The Kier molecular flexibility index (Phi) is 9.64. The second-order valence-corrected chi connectivity index (χ2v) is 5.69. The summed E-state index contributed by atoms with van der Waals surface area (Å²) in [4.78, 5) is 23.5. The van der Waals surface area contributed by atoms with E-state index in [9.17, 15) is 9.59 Å². The minimum Gasteiger partial charge on any atom is -0.383 e. The predicted molar refractivity (Wildman–Crippen MR) is 99.2 cm³/mol. The third-order valence-corrected chi connectivity index (χ3v) is 3.46. The molecule has 0 atom stereocenters. The molecule has 0 aliphatic carbocycles. The number of nitrogens with one attached hydrogen (secondary N) is 3. The van der Waals surface area contributed by atoms with Crippen LogP contribution in [0.25, 0.3) is 0 Å². The van der Waals surface area contributed by atoms with Gasteiger partial charge >= 0.3 is 0 Å². The fraction of sp³-hybridized carbons (Fsp3) is 0.471. The third-order valence-electron chi connectivity index (χ3n) is 3.26. The Labute approximate surface area is 148 Å². The van der Waals surface area contributed by atoms with Crippen molar-refractivity contribution in [3.63, 3.8) is 0 Å². The van der Waals surface area contributed by atoms with E-state index in [1.807, 2.05) is 0 Å². The minimum atomic E-state index is -0.162. The lowest BCUT2D eigenvalue weighted by Gasteiger charge is -2.10. The monoisotopic (exact) mass is 351 g/mol. The number of unbranched alkanes of at least 4 members (excludes halogenated alkanes) is 2. The van der Waals surface area contributed by atoms with Crippen molar-refractivity contribution in [3.8, 4) is 0 Å². The summed E-state index contributed by atoms with van der Waals surface area (Å²) in [6, 6.07) is 6.86. The number of benzene rings is 1. The molecular formula is C17H25N3O3S. The van der Waals surface area contributed by atoms with E-state index in [-0.39, 0.29) is 16.9 Å². The molecule has 0 saturated carbocycles. The summed E-state index contributed by atoms with van der Waals surface area (Å²) in [5.41, 5.74) is 1.26. The number of ether oxygens (including phenoxy) is 1. The zero-order valence-corrected chi connectivity index (χ0v) is 15.0. The Balaban J connectivity index is 2.41. The summed E-state index contributed by atoms with van der Waals surface area (Å²) in [5, 5.41) is 8.58. The van der Waals surface area contributed by atoms with Gasteiger partial charge in [0.2, 0.25) is 5.91 Å². The van der Waals surface area contributed by atoms with Crippen molar-refractivity contribution in [2.24, 2.45) is 0 Å². The molecule has 0 unspecified atom stereocenters. The van der Waals surface area contributed by atoms with Crippen molar-refractivity contribution in [3.05, 3.63) is 29.8 Å². The highest BCUT2D eigenvalue weighted by Crippen LogP contribution is 2.09. The minimum absolute atomic E-state index is 0.0879. The maximum absolute atomic E-state index is 11.9. The molecule has 0 bridgehead atoms. The number of hydrogen-bond donors (Lipinski definition) is 3. The van der Waals surface area contributed by atoms with Gasteiger partial charge in [0.1, 0.15) is 0 Å². The molecular weight excluding hydrogens is 326 g/mol. The molecule has 1 rings (SSSR count). The molecule has 0 aromatic heterocycles. The molecule has 0 spiro atoms. The zero-order valence-electron chi connectivity index (χ0n) is 14.2. The van der Waals surface area contributed by atoms with Gasteiger partial charge in [-0.15, -0.1) is 0 Å². The molecule has 3 N–H and O–H groups in total. The summed E-state index contributed by atoms with van der Waals surface area (Å²) in [7, 11) is 1.58. The van der Waals surface area contributed by atoms with Crippen molar-refractivity contribution in [1.82, 2.24) is 10.6 Å². The van der Waals surface area contributed by atoms with Gasteiger partial charge in [-0.3, -0.25) is 9.59 Å². The van der Waals surface area contributed by atoms with E-state index in [0.717, 1.165) is 19.3 Å². The van der Waals surface area contributed by atoms with Crippen molar-refractivity contribution in [1.29, 1.82) is 0 Å². The maximum Gasteiger partial charge on any atom is 0.251 e. The number of methoxy groups -OCH3 is 1. The number of thiocarbonyl (C=S) groups is 1. The van der Waals surface area contributed by atoms with E-state index >= 15 is 0 Å². The van der Waals surface area contributed by atoms with Crippen LogP contribution in [0.1, 0.15) is 43.0 Å². The molecule has 7 heteroatoms. The first-order valence-electron chi connectivity index (χ1n) is 8.04. The van der Waals surface area contributed by atoms with Gasteiger partial charge in [0.05, 0.1) is 6.61 Å². The van der Waals surface area contributed by atoms with Gasteiger partial charge in [-0.1, -0.05) is 19.8 Å². The Morgan fingerprint density at radius 3 is 2.50 bits per heavy atom. The van der Waals surface area contributed by atoms with E-state index < -0.39 is 0 Å². The lowest BCUT2D eigenvalue weighted by molar-refractivity contribution is -0.119. The van der Waals surface area contributed by atoms with Crippen molar-refractivity contribution in [2.75, 3.05) is 25.6 Å². The van der Waals surface area contributed by atoms with E-state index in [4.69, 9.17) is 17.0 Å². The highest BCUT2D eigenvalue weighted by molar-refractivity contribution is 7.80. The van der Waals surface area contributed by atoms with Crippen LogP contribution in [0.4, 0.5) is 5.69 Å². The van der Waals surface area contributed by atoms with Crippen molar-refractivity contribution >= 4 is 34.8 Å². The molecule has 1 aromatic carbocycles. The van der Waals surface area contributed by atoms with Gasteiger partial charge in [0.25, 0.3) is 5.91 Å². The molecule has 6 nitrogen and oxygen atoms in total. The number of carbonyl (C=O) groups excluding carboxylic acids is 2. The third kappa shape index (κ3) is 8.03. The largest absolute Gasteiger partial charge is 0.383 e. The van der Waals surface area contributed by atoms with Crippen molar-refractivity contribution < 1.29 is 14.3 Å². The van der Waals surface area contributed by atoms with Crippen LogP contribution in [0.2, 0.25) is 0 Å². The standard InChI is InChI=1S/C17H25N3O3S/c1-3-4-5-6-15(21)20-17(24)19-14-9-7-13(8-10-14)16(22)18-11-12-23-2/h7-10H,3-6,11-12H2,1-2H3,(H,18,22)(H2,19,20,21,24). The second-order valence-electron chi connectivity index (χ2n) is 5.29. The molecule has 0 fully saturated rings. The Bertz CT molecular complexity index is 547. The topological polar surface area (TPSA) is 79.5 Å². The van der Waals surface area contributed by atoms with Gasteiger partial charge in [-0.2, -0.15) is 0 Å². The van der Waals surface area contributed by atoms with E-state index in [1.165, 1.54) is 0 Å². The summed E-state index contributed by atoms with van der Waals surface area (Å²) in [6.45, 7) is 3.02. The number of amides is 2. The summed E-state index contributed by atoms with van der Waals surface area (Å²) in [6.07, 6.45) is 3.43. The molecule has 2 amide bonds. The Hall–Kier alpha value is -1.99. The first-order chi connectivity index (χ1) is 11.6. The molecule has 1 aromatic rings. The van der Waals surface area contributed by atoms with Crippen molar-refractivity contribution in [2.45, 2.75) is 32.6 Å². The summed E-state index contributed by atoms with van der Waals surface area (Å²) in [5.74, 6) is -0.250. The molecule has 0 radical (unpaired) electrons. The number of carbonyl (C=O) groups is 2. The summed E-state index contributed by atoms with van der Waals surface area (Å²) >= 11 is 5.11. The van der Waals surface area contributed by atoms with Crippen LogP contribution in [0.5, 0.6) is 0 Å². The van der Waals surface area contributed by atoms with Gasteiger partial charge < -0.3 is 20.7 Å². The zero-order chi connectivity index (χ0) is 17.8. The first kappa shape index (κ1) is 20.1. The molecule has 0 aliphatic heterocycles. The number of anilines is 1. The second kappa shape index (κ2) is 11.5. The van der Waals surface area contributed by atoms with Gasteiger partial charge in [0.15, 0.2) is 5.11 Å². The molecule has 0 aliphatic rings. The smallest absolute Gasteiger partial charge is 0.251 e. The van der Waals surface area contributed by atoms with Crippen LogP contribution >= 0.6 is 12.2 Å². The average Bonchev–Trinajstić information content (AvgIpc) is 2.55. The van der Waals surface area contributed by atoms with Crippen LogP contribution in [0.15, 0.2) is 24.3 Å². The van der Waals surface area contributed by atoms with Crippen LogP contribution < -0.4 is 16.0 Å². The van der Waals surface area contributed by atoms with Gasteiger partial charge in [-0.25, -0.2) is 0 Å². The Morgan fingerprint density at radius 2 is 1.88 bits per heavy atom. The van der Waals surface area contributed by atoms with E-state index in [1.54, 1.807) is 31.4 Å². The highest BCUT2D eigenvalue weighted by atomic mass is 32.1. The molecule has 24 heavy (non-hydrogen) atoms. The first-order valence-corrected chi connectivity index (χ1v) is 8.45. The van der Waals surface area contributed by atoms with Crippen LogP contribution in [-0.4, -0.2) is 37.2 Å². The van der Waals surface area contributed by atoms with Crippen LogP contribution in [-0.2, 0) is 9.53 Å². The Morgan fingerprint density at radius 1 is 1.17 bits per heavy atom. The predicted octanol–water partition coefficient (Wildman–Crippen LogP) is 2.46. The van der Waals surface area contributed by atoms with Gasteiger partial charge in [0, 0.05) is 31.3 Å². The lowest BCUT2D eigenvalue weighted by atomic mass is 10.2. The molecule has 0 saturated heterocycles. The van der Waals surface area contributed by atoms with E-state index in [2.05, 4.69) is 22.9 Å². The number of hydrogen-bond acceptors (Lipinski definition) is 4. The summed E-state index contributed by atoms with van der Waals surface area (Å²) < 4.78 is 4.88. The molecule has 0 heterocycles.